The third-order valence-electron chi connectivity index (χ3n) is 12.3. The van der Waals surface area contributed by atoms with Gasteiger partial charge in [-0.15, -0.1) is 10.2 Å². The number of hydrogen-bond donors (Lipinski definition) is 3. The van der Waals surface area contributed by atoms with Crippen molar-refractivity contribution in [2.24, 2.45) is 16.7 Å². The van der Waals surface area contributed by atoms with Crippen molar-refractivity contribution >= 4 is 40.8 Å². The molecule has 14 heteroatoms. The maximum absolute atomic E-state index is 13.4. The van der Waals surface area contributed by atoms with Crippen molar-refractivity contribution in [3.8, 4) is 11.8 Å². The monoisotopic (exact) mass is 793 g/mol. The number of rotatable bonds is 10. The number of carbonyl (C=O) groups excluding carboxylic acids is 3. The Morgan fingerprint density at radius 2 is 1.61 bits per heavy atom. The van der Waals surface area contributed by atoms with Gasteiger partial charge in [0.15, 0.2) is 11.5 Å². The first-order valence-corrected chi connectivity index (χ1v) is 20.2. The number of allylic oxidation sites excluding steroid dienone is 1. The molecule has 1 aromatic heterocycles. The van der Waals surface area contributed by atoms with E-state index in [1.54, 1.807) is 24.3 Å². The van der Waals surface area contributed by atoms with Gasteiger partial charge in [-0.2, -0.15) is 5.26 Å². The fourth-order valence-corrected chi connectivity index (χ4v) is 9.50. The third kappa shape index (κ3) is 8.58. The van der Waals surface area contributed by atoms with Crippen molar-refractivity contribution in [2.45, 2.75) is 71.6 Å². The number of aromatic nitrogens is 2. The molecule has 3 amide bonds. The van der Waals surface area contributed by atoms with E-state index in [1.165, 1.54) is 0 Å². The summed E-state index contributed by atoms with van der Waals surface area (Å²) in [5.74, 6) is 1.25. The summed E-state index contributed by atoms with van der Waals surface area (Å²) in [6, 6.07) is 17.7. The number of nitriles is 1. The van der Waals surface area contributed by atoms with E-state index in [4.69, 9.17) is 16.3 Å². The Bertz CT molecular complexity index is 2020. The van der Waals surface area contributed by atoms with E-state index in [0.29, 0.717) is 46.4 Å². The van der Waals surface area contributed by atoms with Crippen molar-refractivity contribution in [2.75, 3.05) is 55.6 Å². The summed E-state index contributed by atoms with van der Waals surface area (Å²) in [5.41, 5.74) is 2.23. The van der Waals surface area contributed by atoms with Crippen LogP contribution >= 0.6 is 11.6 Å². The summed E-state index contributed by atoms with van der Waals surface area (Å²) in [6.45, 7) is 18.7. The first-order valence-electron chi connectivity index (χ1n) is 19.9. The predicted octanol–water partition coefficient (Wildman–Crippen LogP) is 5.17. The standard InChI is InChI=1S/C43H52ClN9O4/c1-27-6-13-34(38(55)46-27)47-37(54)29-7-10-31(11-8-29)52-22-20-51(21-23-52)26-28-16-18-53(19-17-28)36-15-14-35(49-50-36)39(56)48-40-42(2,3)41(43(40,4)5)57-32-12-9-30(25-45)33(44)24-32/h7-12,14-15,24,28,34,40-41H,1,6,13,16-23,26H2,2-5H3,(H,46,55)(H,47,54)(H,48,56). The molecule has 3 aliphatic heterocycles. The Labute approximate surface area is 339 Å². The Kier molecular flexibility index (Phi) is 11.5. The molecule has 0 bridgehead atoms. The Morgan fingerprint density at radius 3 is 2.23 bits per heavy atom. The second-order valence-corrected chi connectivity index (χ2v) is 17.4. The lowest BCUT2D eigenvalue weighted by Gasteiger charge is -2.63. The predicted molar refractivity (Wildman–Crippen MR) is 219 cm³/mol. The van der Waals surface area contributed by atoms with Crippen molar-refractivity contribution in [1.29, 1.82) is 5.26 Å². The minimum Gasteiger partial charge on any atom is -0.489 e. The highest BCUT2D eigenvalue weighted by Crippen LogP contribution is 2.55. The van der Waals surface area contributed by atoms with Crippen LogP contribution in [0.3, 0.4) is 0 Å². The van der Waals surface area contributed by atoms with E-state index in [1.807, 2.05) is 30.3 Å². The zero-order valence-corrected chi connectivity index (χ0v) is 33.9. The van der Waals surface area contributed by atoms with Gasteiger partial charge in [-0.25, -0.2) is 0 Å². The number of benzene rings is 2. The van der Waals surface area contributed by atoms with Crippen LogP contribution < -0.4 is 30.5 Å². The largest absolute Gasteiger partial charge is 0.489 e. The van der Waals surface area contributed by atoms with Gasteiger partial charge in [0.25, 0.3) is 11.8 Å². The average molecular weight is 794 g/mol. The fourth-order valence-electron chi connectivity index (χ4n) is 9.29. The van der Waals surface area contributed by atoms with Crippen molar-refractivity contribution in [1.82, 2.24) is 31.0 Å². The lowest BCUT2D eigenvalue weighted by molar-refractivity contribution is -0.164. The van der Waals surface area contributed by atoms with E-state index >= 15 is 0 Å². The van der Waals surface area contributed by atoms with Gasteiger partial charge in [-0.1, -0.05) is 45.9 Å². The minimum atomic E-state index is -0.538. The summed E-state index contributed by atoms with van der Waals surface area (Å²) in [4.78, 5) is 45.5. The molecule has 57 heavy (non-hydrogen) atoms. The number of ether oxygens (including phenoxy) is 1. The van der Waals surface area contributed by atoms with Crippen molar-refractivity contribution in [3.05, 3.63) is 88.7 Å². The van der Waals surface area contributed by atoms with Crippen LogP contribution in [0.1, 0.15) is 79.8 Å². The molecular formula is C43H52ClN9O4. The Hall–Kier alpha value is -5.19. The molecule has 7 rings (SSSR count). The summed E-state index contributed by atoms with van der Waals surface area (Å²) in [7, 11) is 0. The first kappa shape index (κ1) is 40.0. The third-order valence-corrected chi connectivity index (χ3v) is 12.6. The zero-order chi connectivity index (χ0) is 40.5. The molecule has 1 atom stereocenters. The maximum atomic E-state index is 13.4. The lowest BCUT2D eigenvalue weighted by atomic mass is 9.49. The summed E-state index contributed by atoms with van der Waals surface area (Å²) in [5, 5.41) is 27.1. The summed E-state index contributed by atoms with van der Waals surface area (Å²) in [6.07, 6.45) is 3.14. The smallest absolute Gasteiger partial charge is 0.272 e. The summed E-state index contributed by atoms with van der Waals surface area (Å²) >= 11 is 6.24. The average Bonchev–Trinajstić information content (AvgIpc) is 3.20. The molecule has 13 nitrogen and oxygen atoms in total. The van der Waals surface area contributed by atoms with E-state index in [-0.39, 0.29) is 46.4 Å². The minimum absolute atomic E-state index is 0.174. The second kappa shape index (κ2) is 16.3. The number of hydrogen-bond acceptors (Lipinski definition) is 10. The van der Waals surface area contributed by atoms with E-state index in [9.17, 15) is 19.6 Å². The molecule has 1 aliphatic carbocycles. The molecule has 3 saturated heterocycles. The number of amides is 3. The number of anilines is 2. The molecule has 3 N–H and O–H groups in total. The number of piperidine rings is 2. The van der Waals surface area contributed by atoms with Crippen LogP contribution in [0.5, 0.6) is 5.75 Å². The molecule has 0 radical (unpaired) electrons. The van der Waals surface area contributed by atoms with Gasteiger partial charge >= 0.3 is 0 Å². The molecule has 300 valence electrons. The van der Waals surface area contributed by atoms with Crippen LogP contribution in [-0.4, -0.2) is 96.8 Å². The van der Waals surface area contributed by atoms with Crippen LogP contribution in [0.25, 0.3) is 0 Å². The van der Waals surface area contributed by atoms with Crippen LogP contribution in [0, 0.1) is 28.1 Å². The van der Waals surface area contributed by atoms with Gasteiger partial charge < -0.3 is 30.5 Å². The Morgan fingerprint density at radius 1 is 0.912 bits per heavy atom. The van der Waals surface area contributed by atoms with Crippen LogP contribution in [0.2, 0.25) is 5.02 Å². The van der Waals surface area contributed by atoms with E-state index < -0.39 is 6.04 Å². The maximum Gasteiger partial charge on any atom is 0.272 e. The van der Waals surface area contributed by atoms with Gasteiger partial charge in [0, 0.05) is 85.7 Å². The van der Waals surface area contributed by atoms with E-state index in [2.05, 4.69) is 81.2 Å². The van der Waals surface area contributed by atoms with Crippen LogP contribution in [-0.2, 0) is 4.79 Å². The number of piperazine rings is 1. The molecule has 1 unspecified atom stereocenters. The molecule has 4 aliphatic rings. The number of halogens is 1. The lowest BCUT2D eigenvalue weighted by Crippen LogP contribution is -2.74. The number of nitrogens with zero attached hydrogens (tertiary/aromatic N) is 6. The number of nitrogens with one attached hydrogen (secondary N) is 3. The van der Waals surface area contributed by atoms with Gasteiger partial charge in [0.1, 0.15) is 24.0 Å². The van der Waals surface area contributed by atoms with Gasteiger partial charge in [0.05, 0.1) is 10.6 Å². The quantitative estimate of drug-likeness (QED) is 0.250. The fraction of sp³-hybridized carbons (Fsp3) is 0.488. The molecule has 4 heterocycles. The highest BCUT2D eigenvalue weighted by molar-refractivity contribution is 6.31. The molecular weight excluding hydrogens is 742 g/mol. The van der Waals surface area contributed by atoms with Crippen LogP contribution in [0.15, 0.2) is 66.9 Å². The summed E-state index contributed by atoms with van der Waals surface area (Å²) < 4.78 is 6.36. The SMILES string of the molecule is C=C1CCC(NC(=O)c2ccc(N3CCN(CC4CCN(c5ccc(C(=O)NC6C(C)(C)C(Oc7ccc(C#N)c(Cl)c7)C6(C)C)nn5)CC4)CC3)cc2)C(=O)N1. The van der Waals surface area contributed by atoms with Gasteiger partial charge in [-0.3, -0.25) is 19.3 Å². The van der Waals surface area contributed by atoms with E-state index in [0.717, 1.165) is 70.2 Å². The topological polar surface area (TPSA) is 156 Å². The van der Waals surface area contributed by atoms with Gasteiger partial charge in [0.2, 0.25) is 5.91 Å². The van der Waals surface area contributed by atoms with Crippen molar-refractivity contribution in [3.63, 3.8) is 0 Å². The molecule has 0 spiro atoms. The molecule has 2 aromatic carbocycles. The van der Waals surface area contributed by atoms with Crippen LogP contribution in [0.4, 0.5) is 11.5 Å². The number of carbonyl (C=O) groups is 3. The second-order valence-electron chi connectivity index (χ2n) is 17.0. The highest BCUT2D eigenvalue weighted by Gasteiger charge is 2.64. The molecule has 1 saturated carbocycles. The van der Waals surface area contributed by atoms with Crippen molar-refractivity contribution < 1.29 is 19.1 Å². The molecule has 3 aromatic rings. The highest BCUT2D eigenvalue weighted by atomic mass is 35.5. The van der Waals surface area contributed by atoms with Gasteiger partial charge in [-0.05, 0) is 80.1 Å². The molecule has 4 fully saturated rings. The normalized spacial score (nSPS) is 23.5. The zero-order valence-electron chi connectivity index (χ0n) is 33.2. The first-order chi connectivity index (χ1) is 27.2. The Balaban J connectivity index is 0.832.